The van der Waals surface area contributed by atoms with Crippen molar-refractivity contribution < 1.29 is 9.47 Å². The second-order valence-electron chi connectivity index (χ2n) is 4.00. The molecule has 0 atom stereocenters. The molecule has 0 aliphatic carbocycles. The van der Waals surface area contributed by atoms with Crippen LogP contribution in [0.5, 0.6) is 11.5 Å². The third-order valence-corrected chi connectivity index (χ3v) is 2.76. The van der Waals surface area contributed by atoms with Crippen molar-refractivity contribution in [1.29, 1.82) is 0 Å². The van der Waals surface area contributed by atoms with Crippen LogP contribution in [0, 0.1) is 0 Å². The molecule has 2 nitrogen and oxygen atoms in total. The summed E-state index contributed by atoms with van der Waals surface area (Å²) in [5, 5.41) is 0. The highest BCUT2D eigenvalue weighted by Crippen LogP contribution is 2.32. The lowest BCUT2D eigenvalue weighted by molar-refractivity contribution is 0.174. The lowest BCUT2D eigenvalue weighted by Gasteiger charge is -2.02. The van der Waals surface area contributed by atoms with E-state index in [0.717, 1.165) is 17.9 Å². The zero-order valence-electron chi connectivity index (χ0n) is 9.29. The molecule has 1 heterocycles. The van der Waals surface area contributed by atoms with Gasteiger partial charge >= 0.3 is 0 Å². The van der Waals surface area contributed by atoms with Crippen molar-refractivity contribution >= 4 is 0 Å². The van der Waals surface area contributed by atoms with E-state index in [0.29, 0.717) is 6.79 Å². The molecular weight excluding hydrogens is 188 g/mol. The van der Waals surface area contributed by atoms with Gasteiger partial charge in [0.15, 0.2) is 11.5 Å². The first kappa shape index (κ1) is 10.3. The molecule has 15 heavy (non-hydrogen) atoms. The minimum atomic E-state index is 0.370. The van der Waals surface area contributed by atoms with Crippen LogP contribution in [-0.2, 0) is 6.42 Å². The van der Waals surface area contributed by atoms with Gasteiger partial charge in [-0.25, -0.2) is 0 Å². The zero-order valence-corrected chi connectivity index (χ0v) is 9.29. The first-order valence-corrected chi connectivity index (χ1v) is 5.78. The van der Waals surface area contributed by atoms with Gasteiger partial charge in [0.2, 0.25) is 6.79 Å². The van der Waals surface area contributed by atoms with E-state index in [4.69, 9.17) is 9.47 Å². The Bertz CT molecular complexity index is 320. The summed E-state index contributed by atoms with van der Waals surface area (Å²) in [7, 11) is 0. The third kappa shape index (κ3) is 2.65. The van der Waals surface area contributed by atoms with Gasteiger partial charge < -0.3 is 9.47 Å². The quantitative estimate of drug-likeness (QED) is 0.686. The number of unbranched alkanes of at least 4 members (excludes halogenated alkanes) is 3. The smallest absolute Gasteiger partial charge is 0.231 e. The summed E-state index contributed by atoms with van der Waals surface area (Å²) in [6.45, 7) is 2.61. The molecule has 0 radical (unpaired) electrons. The van der Waals surface area contributed by atoms with E-state index >= 15 is 0 Å². The molecule has 2 rings (SSSR count). The van der Waals surface area contributed by atoms with Crippen molar-refractivity contribution in [3.63, 3.8) is 0 Å². The SMILES string of the molecule is CCCCCCc1ccc2c(c1)OCO2. The molecule has 0 fully saturated rings. The summed E-state index contributed by atoms with van der Waals surface area (Å²) < 4.78 is 10.6. The molecule has 1 aromatic carbocycles. The maximum absolute atomic E-state index is 5.34. The second-order valence-corrected chi connectivity index (χ2v) is 4.00. The predicted molar refractivity (Wildman–Crippen MR) is 60.4 cm³/mol. The fraction of sp³-hybridized carbons (Fsp3) is 0.538. The highest BCUT2D eigenvalue weighted by Gasteiger charge is 2.12. The van der Waals surface area contributed by atoms with E-state index in [1.807, 2.05) is 6.07 Å². The van der Waals surface area contributed by atoms with Gasteiger partial charge in [-0.15, -0.1) is 0 Å². The number of ether oxygens (including phenoxy) is 2. The van der Waals surface area contributed by atoms with E-state index in [1.165, 1.54) is 31.2 Å². The van der Waals surface area contributed by atoms with E-state index in [1.54, 1.807) is 0 Å². The number of benzene rings is 1. The molecule has 0 bridgehead atoms. The second kappa shape index (κ2) is 5.06. The number of hydrogen-bond acceptors (Lipinski definition) is 2. The van der Waals surface area contributed by atoms with Crippen molar-refractivity contribution in [2.45, 2.75) is 39.0 Å². The minimum absolute atomic E-state index is 0.370. The van der Waals surface area contributed by atoms with Crippen LogP contribution in [0.4, 0.5) is 0 Å². The van der Waals surface area contributed by atoms with Gasteiger partial charge in [0.05, 0.1) is 0 Å². The maximum atomic E-state index is 5.34. The highest BCUT2D eigenvalue weighted by atomic mass is 16.7. The van der Waals surface area contributed by atoms with Crippen LogP contribution in [0.3, 0.4) is 0 Å². The topological polar surface area (TPSA) is 18.5 Å². The lowest BCUT2D eigenvalue weighted by Crippen LogP contribution is -1.93. The van der Waals surface area contributed by atoms with Crippen molar-refractivity contribution in [1.82, 2.24) is 0 Å². The summed E-state index contributed by atoms with van der Waals surface area (Å²) in [6.07, 6.45) is 6.38. The Kier molecular flexibility index (Phi) is 3.49. The normalized spacial score (nSPS) is 13.1. The molecule has 1 aromatic rings. The molecule has 1 aliphatic rings. The van der Waals surface area contributed by atoms with Crippen LogP contribution in [-0.4, -0.2) is 6.79 Å². The zero-order chi connectivity index (χ0) is 10.5. The predicted octanol–water partition coefficient (Wildman–Crippen LogP) is 3.54. The van der Waals surface area contributed by atoms with Crippen LogP contribution >= 0.6 is 0 Å². The average Bonchev–Trinajstić information content (AvgIpc) is 2.71. The molecule has 0 saturated carbocycles. The number of fused-ring (bicyclic) bond motifs is 1. The summed E-state index contributed by atoms with van der Waals surface area (Å²) in [5.41, 5.74) is 1.36. The largest absolute Gasteiger partial charge is 0.454 e. The van der Waals surface area contributed by atoms with Crippen LogP contribution in [0.2, 0.25) is 0 Å². The molecule has 0 amide bonds. The van der Waals surface area contributed by atoms with Gasteiger partial charge in [0.25, 0.3) is 0 Å². The molecule has 0 aromatic heterocycles. The Hall–Kier alpha value is -1.18. The summed E-state index contributed by atoms with van der Waals surface area (Å²) >= 11 is 0. The van der Waals surface area contributed by atoms with Crippen molar-refractivity contribution in [3.05, 3.63) is 23.8 Å². The molecule has 0 saturated heterocycles. The van der Waals surface area contributed by atoms with Crippen molar-refractivity contribution in [3.8, 4) is 11.5 Å². The molecule has 0 spiro atoms. The minimum Gasteiger partial charge on any atom is -0.454 e. The van der Waals surface area contributed by atoms with Gasteiger partial charge in [0.1, 0.15) is 0 Å². The van der Waals surface area contributed by atoms with E-state index in [-0.39, 0.29) is 0 Å². The molecule has 2 heteroatoms. The third-order valence-electron chi connectivity index (χ3n) is 2.76. The Morgan fingerprint density at radius 1 is 1.07 bits per heavy atom. The van der Waals surface area contributed by atoms with Gasteiger partial charge in [-0.05, 0) is 30.5 Å². The molecule has 0 unspecified atom stereocenters. The van der Waals surface area contributed by atoms with Crippen LogP contribution < -0.4 is 9.47 Å². The molecular formula is C13H18O2. The number of rotatable bonds is 5. The molecule has 0 N–H and O–H groups in total. The average molecular weight is 206 g/mol. The Labute approximate surface area is 91.2 Å². The van der Waals surface area contributed by atoms with Crippen LogP contribution in [0.1, 0.15) is 38.2 Å². The number of hydrogen-bond donors (Lipinski definition) is 0. The Balaban J connectivity index is 1.87. The Morgan fingerprint density at radius 2 is 1.93 bits per heavy atom. The van der Waals surface area contributed by atoms with Crippen LogP contribution in [0.15, 0.2) is 18.2 Å². The lowest BCUT2D eigenvalue weighted by atomic mass is 10.1. The highest BCUT2D eigenvalue weighted by molar-refractivity contribution is 5.44. The Morgan fingerprint density at radius 3 is 2.80 bits per heavy atom. The molecule has 82 valence electrons. The fourth-order valence-corrected chi connectivity index (χ4v) is 1.85. The van der Waals surface area contributed by atoms with E-state index in [9.17, 15) is 0 Å². The van der Waals surface area contributed by atoms with Gasteiger partial charge in [-0.2, -0.15) is 0 Å². The standard InChI is InChI=1S/C13H18O2/c1-2-3-4-5-6-11-7-8-12-13(9-11)15-10-14-12/h7-9H,2-6,10H2,1H3. The van der Waals surface area contributed by atoms with Crippen molar-refractivity contribution in [2.24, 2.45) is 0 Å². The summed E-state index contributed by atoms with van der Waals surface area (Å²) in [6, 6.07) is 6.26. The summed E-state index contributed by atoms with van der Waals surface area (Å²) in [5.74, 6) is 1.79. The van der Waals surface area contributed by atoms with Gasteiger partial charge in [0, 0.05) is 0 Å². The monoisotopic (exact) mass is 206 g/mol. The van der Waals surface area contributed by atoms with Crippen molar-refractivity contribution in [2.75, 3.05) is 6.79 Å². The summed E-state index contributed by atoms with van der Waals surface area (Å²) in [4.78, 5) is 0. The first-order valence-electron chi connectivity index (χ1n) is 5.78. The van der Waals surface area contributed by atoms with Gasteiger partial charge in [-0.1, -0.05) is 32.3 Å². The van der Waals surface area contributed by atoms with Crippen LogP contribution in [0.25, 0.3) is 0 Å². The number of aryl methyl sites for hydroxylation is 1. The van der Waals surface area contributed by atoms with E-state index < -0.39 is 0 Å². The van der Waals surface area contributed by atoms with E-state index in [2.05, 4.69) is 19.1 Å². The first-order chi connectivity index (χ1) is 7.40. The van der Waals surface area contributed by atoms with Gasteiger partial charge in [-0.3, -0.25) is 0 Å². The maximum Gasteiger partial charge on any atom is 0.231 e. The molecule has 1 aliphatic heterocycles. The fourth-order valence-electron chi connectivity index (χ4n) is 1.85.